The van der Waals surface area contributed by atoms with Gasteiger partial charge >= 0.3 is 0 Å². The number of hydrogen-bond donors (Lipinski definition) is 1. The molecule has 0 fully saturated rings. The van der Waals surface area contributed by atoms with E-state index in [1.807, 2.05) is 45.0 Å². The van der Waals surface area contributed by atoms with Gasteiger partial charge < -0.3 is 9.12 Å². The molecule has 2 aromatic carbocycles. The van der Waals surface area contributed by atoms with Crippen LogP contribution in [-0.4, -0.2) is 22.6 Å². The summed E-state index contributed by atoms with van der Waals surface area (Å²) in [6, 6.07) is 13.3. The summed E-state index contributed by atoms with van der Waals surface area (Å²) in [4.78, 5) is 0. The molecular weight excluding hydrogens is 356 g/mol. The summed E-state index contributed by atoms with van der Waals surface area (Å²) in [6.07, 6.45) is 0. The van der Waals surface area contributed by atoms with Gasteiger partial charge in [-0.3, -0.25) is 0 Å². The van der Waals surface area contributed by atoms with E-state index in [1.165, 1.54) is 12.1 Å². The van der Waals surface area contributed by atoms with Gasteiger partial charge in [0.2, 0.25) is 0 Å². The Morgan fingerprint density at radius 3 is 1.84 bits per heavy atom. The number of rotatable bonds is 5. The van der Waals surface area contributed by atoms with Crippen molar-refractivity contribution in [2.75, 3.05) is 13.3 Å². The van der Waals surface area contributed by atoms with Crippen LogP contribution in [0.4, 0.5) is 4.39 Å². The number of hydrogen-bond acceptors (Lipinski definition) is 3. The highest BCUT2D eigenvalue weighted by atomic mass is 32.2. The van der Waals surface area contributed by atoms with Crippen LogP contribution in [0.25, 0.3) is 0 Å². The fourth-order valence-corrected chi connectivity index (χ4v) is 4.00. The largest absolute Gasteiger partial charge is 0.598 e. The Hall–Kier alpha value is -1.13. The van der Waals surface area contributed by atoms with Crippen LogP contribution in [-0.2, 0) is 15.9 Å². The molecule has 1 N–H and O–H groups in total. The van der Waals surface area contributed by atoms with E-state index in [0.29, 0.717) is 0 Å². The highest BCUT2D eigenvalue weighted by molar-refractivity contribution is 7.90. The zero-order valence-corrected chi connectivity index (χ0v) is 17.0. The molecule has 0 aliphatic heterocycles. The van der Waals surface area contributed by atoms with E-state index in [9.17, 15) is 13.5 Å². The molecule has 0 aromatic heterocycles. The van der Waals surface area contributed by atoms with Crippen LogP contribution in [0.1, 0.15) is 37.9 Å². The molecule has 2 aromatic rings. The molecule has 2 rings (SSSR count). The lowest BCUT2D eigenvalue weighted by atomic mass is 10.00. The van der Waals surface area contributed by atoms with Gasteiger partial charge in [-0.1, -0.05) is 36.4 Å². The zero-order chi connectivity index (χ0) is 18.8. The Balaban J connectivity index is 2.40. The molecule has 136 valence electrons. The molecule has 3 nitrogen and oxygen atoms in total. The third-order valence-corrected chi connectivity index (χ3v) is 6.94. The second-order valence-corrected chi connectivity index (χ2v) is 12.6. The Bertz CT molecular complexity index is 750. The van der Waals surface area contributed by atoms with Gasteiger partial charge in [-0.25, -0.2) is 4.39 Å². The summed E-state index contributed by atoms with van der Waals surface area (Å²) < 4.78 is 40.8. The first kappa shape index (κ1) is 20.2. The Morgan fingerprint density at radius 2 is 1.44 bits per heavy atom. The minimum atomic E-state index is -2.33. The van der Waals surface area contributed by atoms with Crippen LogP contribution in [0.5, 0.6) is 0 Å². The van der Waals surface area contributed by atoms with Crippen molar-refractivity contribution >= 4 is 23.8 Å². The van der Waals surface area contributed by atoms with Crippen molar-refractivity contribution in [1.82, 2.24) is 4.72 Å². The van der Waals surface area contributed by atoms with E-state index in [-0.39, 0.29) is 11.9 Å². The first-order valence-corrected chi connectivity index (χ1v) is 11.8. The molecule has 25 heavy (non-hydrogen) atoms. The first-order valence-electron chi connectivity index (χ1n) is 8.07. The van der Waals surface area contributed by atoms with Crippen molar-refractivity contribution < 1.29 is 13.5 Å². The molecule has 0 heterocycles. The van der Waals surface area contributed by atoms with Crippen LogP contribution in [0.2, 0.25) is 0 Å². The van der Waals surface area contributed by atoms with Crippen molar-refractivity contribution in [1.29, 1.82) is 0 Å². The molecule has 6 heteroatoms. The molecule has 0 spiro atoms. The normalized spacial score (nSPS) is 15.0. The molecule has 0 saturated carbocycles. The predicted octanol–water partition coefficient (Wildman–Crippen LogP) is 4.21. The number of benzene rings is 2. The van der Waals surface area contributed by atoms with Gasteiger partial charge in [0.25, 0.3) is 0 Å². The fraction of sp³-hybridized carbons (Fsp3) is 0.368. The molecule has 0 amide bonds. The lowest BCUT2D eigenvalue weighted by Gasteiger charge is -2.28. The smallest absolute Gasteiger partial charge is 0.136 e. The number of nitrogens with one attached hydrogen (secondary N) is 1. The van der Waals surface area contributed by atoms with Crippen LogP contribution in [0, 0.1) is 5.82 Å². The van der Waals surface area contributed by atoms with Gasteiger partial charge in [-0.05, 0) is 57.4 Å². The summed E-state index contributed by atoms with van der Waals surface area (Å²) in [6.45, 7) is 9.14. The SMILES string of the molecule is CC(C)(C)[S+]([O-])N[C@@H](c1ccc(F)cc1)c1ccc(P(C)(C)=O)cc1. The van der Waals surface area contributed by atoms with Gasteiger partial charge in [-0.15, -0.1) is 4.72 Å². The molecule has 0 aliphatic carbocycles. The van der Waals surface area contributed by atoms with E-state index in [1.54, 1.807) is 25.5 Å². The van der Waals surface area contributed by atoms with E-state index < -0.39 is 23.3 Å². The van der Waals surface area contributed by atoms with Gasteiger partial charge in [0.1, 0.15) is 23.7 Å². The molecule has 1 unspecified atom stereocenters. The van der Waals surface area contributed by atoms with Crippen LogP contribution < -0.4 is 10.0 Å². The van der Waals surface area contributed by atoms with Gasteiger partial charge in [0.05, 0.1) is 0 Å². The first-order chi connectivity index (χ1) is 11.5. The summed E-state index contributed by atoms with van der Waals surface area (Å²) >= 11 is -1.29. The second kappa shape index (κ2) is 7.63. The van der Waals surface area contributed by atoms with E-state index >= 15 is 0 Å². The summed E-state index contributed by atoms with van der Waals surface area (Å²) in [7, 11) is -2.33. The van der Waals surface area contributed by atoms with Crippen molar-refractivity contribution in [2.24, 2.45) is 0 Å². The van der Waals surface area contributed by atoms with E-state index in [0.717, 1.165) is 16.4 Å². The fourth-order valence-electron chi connectivity index (χ4n) is 2.29. The lowest BCUT2D eigenvalue weighted by Crippen LogP contribution is -2.41. The topological polar surface area (TPSA) is 52.2 Å². The minimum absolute atomic E-state index is 0.312. The second-order valence-electron chi connectivity index (χ2n) is 7.43. The van der Waals surface area contributed by atoms with Crippen molar-refractivity contribution in [2.45, 2.75) is 31.6 Å². The summed E-state index contributed by atoms with van der Waals surface area (Å²) in [5, 5.41) is 0.797. The lowest BCUT2D eigenvalue weighted by molar-refractivity contribution is 0.535. The quantitative estimate of drug-likeness (QED) is 0.623. The van der Waals surface area contributed by atoms with Crippen molar-refractivity contribution in [3.8, 4) is 0 Å². The Kier molecular flexibility index (Phi) is 6.16. The Labute approximate surface area is 152 Å². The van der Waals surface area contributed by atoms with Crippen LogP contribution in [0.15, 0.2) is 48.5 Å². The standard InChI is InChI=1S/C19H25FNO2PS/c1-19(2,3)25(23)21-18(14-6-10-16(20)11-7-14)15-8-12-17(13-9-15)24(4,5)22/h6-13,18,21H,1-5H3/t18-,25?/m0/s1. The number of halogens is 1. The van der Waals surface area contributed by atoms with E-state index in [4.69, 9.17) is 0 Å². The van der Waals surface area contributed by atoms with Crippen LogP contribution >= 0.6 is 7.14 Å². The maximum Gasteiger partial charge on any atom is 0.136 e. The molecule has 0 aliphatic rings. The molecule has 0 saturated heterocycles. The maximum absolute atomic E-state index is 13.3. The highest BCUT2D eigenvalue weighted by Gasteiger charge is 2.30. The molecule has 0 radical (unpaired) electrons. The molecule has 2 atom stereocenters. The molecular formula is C19H25FNO2PS. The maximum atomic E-state index is 13.3. The predicted molar refractivity (Wildman–Crippen MR) is 105 cm³/mol. The third kappa shape index (κ3) is 5.42. The van der Waals surface area contributed by atoms with Crippen molar-refractivity contribution in [3.63, 3.8) is 0 Å². The van der Waals surface area contributed by atoms with Gasteiger partial charge in [0.15, 0.2) is 0 Å². The van der Waals surface area contributed by atoms with E-state index in [2.05, 4.69) is 4.72 Å². The summed E-state index contributed by atoms with van der Waals surface area (Å²) in [5.74, 6) is -0.312. The third-order valence-electron chi connectivity index (χ3n) is 3.83. The average molecular weight is 381 g/mol. The summed E-state index contributed by atoms with van der Waals surface area (Å²) in [5.41, 5.74) is 1.71. The highest BCUT2D eigenvalue weighted by Crippen LogP contribution is 2.35. The van der Waals surface area contributed by atoms with Gasteiger partial charge in [0, 0.05) is 16.7 Å². The average Bonchev–Trinajstić information content (AvgIpc) is 2.52. The minimum Gasteiger partial charge on any atom is -0.598 e. The van der Waals surface area contributed by atoms with Gasteiger partial charge in [-0.2, -0.15) is 0 Å². The van der Waals surface area contributed by atoms with Crippen molar-refractivity contribution in [3.05, 3.63) is 65.5 Å². The van der Waals surface area contributed by atoms with Crippen LogP contribution in [0.3, 0.4) is 0 Å². The Morgan fingerprint density at radius 1 is 1.00 bits per heavy atom. The monoisotopic (exact) mass is 381 g/mol. The molecule has 0 bridgehead atoms. The zero-order valence-electron chi connectivity index (χ0n) is 15.2.